The van der Waals surface area contributed by atoms with E-state index in [2.05, 4.69) is 41.3 Å². The first-order valence-corrected chi connectivity index (χ1v) is 7.52. The second-order valence-corrected chi connectivity index (χ2v) is 5.73. The van der Waals surface area contributed by atoms with Crippen LogP contribution in [0.2, 0.25) is 0 Å². The van der Waals surface area contributed by atoms with E-state index in [1.807, 2.05) is 19.1 Å². The average Bonchev–Trinajstić information content (AvgIpc) is 2.69. The molecule has 0 amide bonds. The van der Waals surface area contributed by atoms with Gasteiger partial charge in [0.25, 0.3) is 0 Å². The van der Waals surface area contributed by atoms with E-state index in [0.717, 1.165) is 31.9 Å². The molecule has 0 fully saturated rings. The number of anilines is 1. The van der Waals surface area contributed by atoms with Crippen LogP contribution in [0.3, 0.4) is 0 Å². The summed E-state index contributed by atoms with van der Waals surface area (Å²) in [7, 11) is 0. The molecular weight excluding hydrogens is 260 g/mol. The molecule has 1 aliphatic rings. The first kappa shape index (κ1) is 14.0. The summed E-state index contributed by atoms with van der Waals surface area (Å²) >= 11 is 0. The molecular formula is C18H22N2O. The Kier molecular flexibility index (Phi) is 4.11. The lowest BCUT2D eigenvalue weighted by Gasteiger charge is -2.22. The molecule has 0 aliphatic carbocycles. The van der Waals surface area contributed by atoms with Crippen LogP contribution in [0, 0.1) is 0 Å². The summed E-state index contributed by atoms with van der Waals surface area (Å²) in [5.41, 5.74) is 9.63. The van der Waals surface area contributed by atoms with Crippen molar-refractivity contribution in [2.75, 3.05) is 18.1 Å². The lowest BCUT2D eigenvalue weighted by molar-refractivity contribution is 0.331. The minimum absolute atomic E-state index is 0.203. The van der Waals surface area contributed by atoms with Crippen molar-refractivity contribution in [1.82, 2.24) is 0 Å². The highest BCUT2D eigenvalue weighted by Gasteiger charge is 2.15. The summed E-state index contributed by atoms with van der Waals surface area (Å²) in [5, 5.41) is 0. The van der Waals surface area contributed by atoms with Gasteiger partial charge >= 0.3 is 0 Å². The van der Waals surface area contributed by atoms with E-state index in [-0.39, 0.29) is 6.04 Å². The number of hydrogen-bond acceptors (Lipinski definition) is 3. The quantitative estimate of drug-likeness (QED) is 0.940. The van der Waals surface area contributed by atoms with Gasteiger partial charge in [0.1, 0.15) is 12.4 Å². The predicted molar refractivity (Wildman–Crippen MR) is 86.8 cm³/mol. The maximum absolute atomic E-state index is 5.85. The standard InChI is InChI=1S/C18H22N2O/c1-14(19)12-15-6-8-17(9-7-15)20-10-11-21-18-5-3-2-4-16(18)13-20/h2-9,14H,10-13,19H2,1H3. The minimum Gasteiger partial charge on any atom is -0.491 e. The lowest BCUT2D eigenvalue weighted by Crippen LogP contribution is -2.25. The van der Waals surface area contributed by atoms with E-state index in [1.54, 1.807) is 0 Å². The molecule has 1 atom stereocenters. The summed E-state index contributed by atoms with van der Waals surface area (Å²) in [6, 6.07) is 17.2. The van der Waals surface area contributed by atoms with Gasteiger partial charge in [0.2, 0.25) is 0 Å². The van der Waals surface area contributed by atoms with Crippen LogP contribution >= 0.6 is 0 Å². The molecule has 0 spiro atoms. The molecule has 2 aromatic rings. The van der Waals surface area contributed by atoms with Crippen molar-refractivity contribution in [1.29, 1.82) is 0 Å². The van der Waals surface area contributed by atoms with Gasteiger partial charge in [-0.25, -0.2) is 0 Å². The monoisotopic (exact) mass is 282 g/mol. The zero-order valence-electron chi connectivity index (χ0n) is 12.5. The van der Waals surface area contributed by atoms with Gasteiger partial charge in [-0.15, -0.1) is 0 Å². The average molecular weight is 282 g/mol. The minimum atomic E-state index is 0.203. The van der Waals surface area contributed by atoms with Crippen molar-refractivity contribution in [3.8, 4) is 5.75 Å². The van der Waals surface area contributed by atoms with E-state index >= 15 is 0 Å². The van der Waals surface area contributed by atoms with Gasteiger partial charge in [-0.2, -0.15) is 0 Å². The second kappa shape index (κ2) is 6.19. The Morgan fingerprint density at radius 1 is 1.14 bits per heavy atom. The Hall–Kier alpha value is -2.00. The van der Waals surface area contributed by atoms with Gasteiger partial charge in [0, 0.05) is 23.8 Å². The third kappa shape index (κ3) is 3.37. The highest BCUT2D eigenvalue weighted by atomic mass is 16.5. The van der Waals surface area contributed by atoms with Crippen LogP contribution in [-0.2, 0) is 13.0 Å². The fourth-order valence-corrected chi connectivity index (χ4v) is 2.76. The van der Waals surface area contributed by atoms with Crippen LogP contribution < -0.4 is 15.4 Å². The van der Waals surface area contributed by atoms with Gasteiger partial charge in [0.15, 0.2) is 0 Å². The van der Waals surface area contributed by atoms with E-state index < -0.39 is 0 Å². The second-order valence-electron chi connectivity index (χ2n) is 5.73. The number of rotatable bonds is 3. The summed E-state index contributed by atoms with van der Waals surface area (Å²) in [4.78, 5) is 2.36. The van der Waals surface area contributed by atoms with E-state index in [0.29, 0.717) is 0 Å². The molecule has 2 N–H and O–H groups in total. The number of para-hydroxylation sites is 1. The molecule has 110 valence electrons. The van der Waals surface area contributed by atoms with Crippen molar-refractivity contribution in [2.45, 2.75) is 25.9 Å². The van der Waals surface area contributed by atoms with Crippen molar-refractivity contribution < 1.29 is 4.74 Å². The Labute approximate surface area is 126 Å². The molecule has 1 heterocycles. The summed E-state index contributed by atoms with van der Waals surface area (Å²) in [6.07, 6.45) is 0.923. The molecule has 3 nitrogen and oxygen atoms in total. The van der Waals surface area contributed by atoms with Gasteiger partial charge in [-0.3, -0.25) is 0 Å². The van der Waals surface area contributed by atoms with Crippen LogP contribution in [-0.4, -0.2) is 19.2 Å². The first-order chi connectivity index (χ1) is 10.2. The SMILES string of the molecule is CC(N)Cc1ccc(N2CCOc3ccccc3C2)cc1. The maximum Gasteiger partial charge on any atom is 0.124 e. The first-order valence-electron chi connectivity index (χ1n) is 7.52. The number of nitrogens with zero attached hydrogens (tertiary/aromatic N) is 1. The van der Waals surface area contributed by atoms with Crippen LogP contribution in [0.15, 0.2) is 48.5 Å². The smallest absolute Gasteiger partial charge is 0.124 e. The van der Waals surface area contributed by atoms with Crippen LogP contribution in [0.25, 0.3) is 0 Å². The number of benzene rings is 2. The fourth-order valence-electron chi connectivity index (χ4n) is 2.76. The topological polar surface area (TPSA) is 38.5 Å². The summed E-state index contributed by atoms with van der Waals surface area (Å²) < 4.78 is 5.82. The van der Waals surface area contributed by atoms with Crippen LogP contribution in [0.5, 0.6) is 5.75 Å². The summed E-state index contributed by atoms with van der Waals surface area (Å²) in [5.74, 6) is 1.01. The molecule has 2 aromatic carbocycles. The van der Waals surface area contributed by atoms with E-state index in [4.69, 9.17) is 10.5 Å². The fraction of sp³-hybridized carbons (Fsp3) is 0.333. The Bertz CT molecular complexity index is 592. The maximum atomic E-state index is 5.85. The molecule has 3 rings (SSSR count). The lowest BCUT2D eigenvalue weighted by atomic mass is 10.1. The van der Waals surface area contributed by atoms with Crippen LogP contribution in [0.1, 0.15) is 18.1 Å². The van der Waals surface area contributed by atoms with Gasteiger partial charge < -0.3 is 15.4 Å². The molecule has 1 aliphatic heterocycles. The Morgan fingerprint density at radius 2 is 1.90 bits per heavy atom. The van der Waals surface area contributed by atoms with Gasteiger partial charge in [-0.05, 0) is 37.1 Å². The molecule has 0 bridgehead atoms. The highest BCUT2D eigenvalue weighted by molar-refractivity contribution is 5.50. The Balaban J connectivity index is 1.77. The highest BCUT2D eigenvalue weighted by Crippen LogP contribution is 2.26. The number of hydrogen-bond donors (Lipinski definition) is 1. The molecule has 21 heavy (non-hydrogen) atoms. The molecule has 0 aromatic heterocycles. The predicted octanol–water partition coefficient (Wildman–Crippen LogP) is 2.98. The summed E-state index contributed by atoms with van der Waals surface area (Å²) in [6.45, 7) is 4.56. The van der Waals surface area contributed by atoms with Crippen molar-refractivity contribution >= 4 is 5.69 Å². The molecule has 0 saturated heterocycles. The van der Waals surface area contributed by atoms with Crippen molar-refractivity contribution in [2.24, 2.45) is 5.73 Å². The van der Waals surface area contributed by atoms with Crippen molar-refractivity contribution in [3.05, 3.63) is 59.7 Å². The van der Waals surface area contributed by atoms with Crippen molar-refractivity contribution in [3.63, 3.8) is 0 Å². The molecule has 3 heteroatoms. The third-order valence-corrected chi connectivity index (χ3v) is 3.81. The zero-order chi connectivity index (χ0) is 14.7. The number of fused-ring (bicyclic) bond motifs is 1. The Morgan fingerprint density at radius 3 is 2.67 bits per heavy atom. The largest absolute Gasteiger partial charge is 0.491 e. The normalized spacial score (nSPS) is 15.8. The third-order valence-electron chi connectivity index (χ3n) is 3.81. The molecule has 1 unspecified atom stereocenters. The van der Waals surface area contributed by atoms with E-state index in [1.165, 1.54) is 16.8 Å². The van der Waals surface area contributed by atoms with Gasteiger partial charge in [-0.1, -0.05) is 30.3 Å². The number of nitrogens with two attached hydrogens (primary N) is 1. The van der Waals surface area contributed by atoms with E-state index in [9.17, 15) is 0 Å². The molecule has 0 saturated carbocycles. The van der Waals surface area contributed by atoms with Crippen LogP contribution in [0.4, 0.5) is 5.69 Å². The number of ether oxygens (including phenoxy) is 1. The molecule has 0 radical (unpaired) electrons. The van der Waals surface area contributed by atoms with Gasteiger partial charge in [0.05, 0.1) is 6.54 Å². The zero-order valence-corrected chi connectivity index (χ0v) is 12.5.